The fraction of sp³-hybridized carbons (Fsp3) is 0.350. The van der Waals surface area contributed by atoms with E-state index in [1.165, 1.54) is 5.56 Å². The van der Waals surface area contributed by atoms with Gasteiger partial charge in [-0.1, -0.05) is 53.5 Å². The van der Waals surface area contributed by atoms with E-state index in [2.05, 4.69) is 27.2 Å². The molecule has 0 aliphatic carbocycles. The highest BCUT2D eigenvalue weighted by Gasteiger charge is 2.19. The Kier molecular flexibility index (Phi) is 6.92. The number of carbonyl (C=O) groups excluding carboxylic acids is 1. The Bertz CT molecular complexity index is 728. The molecule has 1 saturated heterocycles. The van der Waals surface area contributed by atoms with E-state index in [-0.39, 0.29) is 5.91 Å². The van der Waals surface area contributed by atoms with Crippen molar-refractivity contribution in [3.05, 3.63) is 69.7 Å². The largest absolute Gasteiger partial charge is 0.351 e. The van der Waals surface area contributed by atoms with Crippen LogP contribution in [-0.4, -0.2) is 48.4 Å². The number of nitrogens with zero attached hydrogens (tertiary/aromatic N) is 2. The first kappa shape index (κ1) is 19.2. The van der Waals surface area contributed by atoms with Crippen molar-refractivity contribution in [3.63, 3.8) is 0 Å². The van der Waals surface area contributed by atoms with Gasteiger partial charge >= 0.3 is 0 Å². The van der Waals surface area contributed by atoms with Crippen molar-refractivity contribution < 1.29 is 4.79 Å². The maximum atomic E-state index is 12.2. The zero-order valence-corrected chi connectivity index (χ0v) is 16.1. The highest BCUT2D eigenvalue weighted by atomic mass is 35.5. The lowest BCUT2D eigenvalue weighted by atomic mass is 10.2. The van der Waals surface area contributed by atoms with E-state index in [4.69, 9.17) is 23.2 Å². The molecule has 0 atom stereocenters. The number of carbonyl (C=O) groups is 1. The van der Waals surface area contributed by atoms with Crippen LogP contribution in [0.15, 0.2) is 48.5 Å². The third kappa shape index (κ3) is 5.71. The van der Waals surface area contributed by atoms with Crippen molar-refractivity contribution in [3.8, 4) is 0 Å². The highest BCUT2D eigenvalue weighted by Crippen LogP contribution is 2.15. The third-order valence-corrected chi connectivity index (χ3v) is 5.21. The Labute approximate surface area is 164 Å². The Hall–Kier alpha value is -1.59. The first-order chi connectivity index (χ1) is 12.6. The number of hydrogen-bond donors (Lipinski definition) is 1. The van der Waals surface area contributed by atoms with E-state index < -0.39 is 0 Å². The second-order valence-electron chi connectivity index (χ2n) is 6.55. The molecule has 1 aliphatic heterocycles. The minimum absolute atomic E-state index is 0.0380. The summed E-state index contributed by atoms with van der Waals surface area (Å²) in [6.07, 6.45) is 0. The summed E-state index contributed by atoms with van der Waals surface area (Å²) in [4.78, 5) is 16.8. The molecule has 1 heterocycles. The molecular weight excluding hydrogens is 369 g/mol. The lowest BCUT2D eigenvalue weighted by Crippen LogP contribution is -2.49. The van der Waals surface area contributed by atoms with Crippen LogP contribution >= 0.6 is 23.2 Å². The summed E-state index contributed by atoms with van der Waals surface area (Å²) < 4.78 is 0. The molecule has 2 aromatic carbocycles. The second-order valence-corrected chi connectivity index (χ2v) is 7.39. The average Bonchev–Trinajstić information content (AvgIpc) is 2.64. The highest BCUT2D eigenvalue weighted by molar-refractivity contribution is 6.31. The SMILES string of the molecule is O=C(CN1CCN(Cc2ccc(Cl)cc2)CC1)NCc1ccccc1Cl. The minimum atomic E-state index is 0.0380. The predicted octanol–water partition coefficient (Wildman–Crippen LogP) is 3.43. The summed E-state index contributed by atoms with van der Waals surface area (Å²) in [6, 6.07) is 15.6. The van der Waals surface area contributed by atoms with Crippen molar-refractivity contribution in [2.75, 3.05) is 32.7 Å². The molecule has 0 aromatic heterocycles. The summed E-state index contributed by atoms with van der Waals surface area (Å²) in [6.45, 7) is 5.53. The molecule has 1 fully saturated rings. The molecule has 0 bridgehead atoms. The van der Waals surface area contributed by atoms with Gasteiger partial charge in [0.25, 0.3) is 0 Å². The zero-order chi connectivity index (χ0) is 18.4. The number of rotatable bonds is 6. The summed E-state index contributed by atoms with van der Waals surface area (Å²) in [5, 5.41) is 4.40. The van der Waals surface area contributed by atoms with Gasteiger partial charge in [-0.3, -0.25) is 14.6 Å². The van der Waals surface area contributed by atoms with Crippen LogP contribution in [0.2, 0.25) is 10.0 Å². The molecule has 2 aromatic rings. The molecule has 138 valence electrons. The standard InChI is InChI=1S/C20H23Cl2N3O/c21-18-7-5-16(6-8-18)14-24-9-11-25(12-10-24)15-20(26)23-13-17-3-1-2-4-19(17)22/h1-8H,9-15H2,(H,23,26). The van der Waals surface area contributed by atoms with Crippen molar-refractivity contribution in [1.29, 1.82) is 0 Å². The molecule has 26 heavy (non-hydrogen) atoms. The van der Waals surface area contributed by atoms with Crippen LogP contribution in [-0.2, 0) is 17.9 Å². The van der Waals surface area contributed by atoms with Crippen LogP contribution in [0.4, 0.5) is 0 Å². The van der Waals surface area contributed by atoms with E-state index in [9.17, 15) is 4.79 Å². The fourth-order valence-electron chi connectivity index (χ4n) is 3.05. The van der Waals surface area contributed by atoms with E-state index in [0.717, 1.165) is 43.3 Å². The predicted molar refractivity (Wildman–Crippen MR) is 106 cm³/mol. The lowest BCUT2D eigenvalue weighted by molar-refractivity contribution is -0.122. The van der Waals surface area contributed by atoms with E-state index in [1.807, 2.05) is 36.4 Å². The molecule has 4 nitrogen and oxygen atoms in total. The average molecular weight is 392 g/mol. The maximum Gasteiger partial charge on any atom is 0.234 e. The normalized spacial score (nSPS) is 15.8. The fourth-order valence-corrected chi connectivity index (χ4v) is 3.38. The van der Waals surface area contributed by atoms with Gasteiger partial charge in [0, 0.05) is 49.3 Å². The first-order valence-electron chi connectivity index (χ1n) is 8.79. The van der Waals surface area contributed by atoms with Crippen molar-refractivity contribution >= 4 is 29.1 Å². The Morgan fingerprint density at radius 3 is 2.27 bits per heavy atom. The minimum Gasteiger partial charge on any atom is -0.351 e. The summed E-state index contributed by atoms with van der Waals surface area (Å²) in [5.74, 6) is 0.0380. The number of piperazine rings is 1. The van der Waals surface area contributed by atoms with Crippen molar-refractivity contribution in [2.45, 2.75) is 13.1 Å². The topological polar surface area (TPSA) is 35.6 Å². The van der Waals surface area contributed by atoms with Crippen LogP contribution in [0.25, 0.3) is 0 Å². The first-order valence-corrected chi connectivity index (χ1v) is 9.55. The molecule has 0 radical (unpaired) electrons. The van der Waals surface area contributed by atoms with Crippen molar-refractivity contribution in [2.24, 2.45) is 0 Å². The summed E-state index contributed by atoms with van der Waals surface area (Å²) in [5.41, 5.74) is 2.20. The molecule has 3 rings (SSSR count). The molecular formula is C20H23Cl2N3O. The van der Waals surface area contributed by atoms with Crippen LogP contribution < -0.4 is 5.32 Å². The van der Waals surface area contributed by atoms with Gasteiger partial charge in [-0.2, -0.15) is 0 Å². The van der Waals surface area contributed by atoms with Gasteiger partial charge in [0.15, 0.2) is 0 Å². The number of hydrogen-bond acceptors (Lipinski definition) is 3. The molecule has 0 unspecified atom stereocenters. The molecule has 1 aliphatic rings. The van der Waals surface area contributed by atoms with Crippen LogP contribution in [0.5, 0.6) is 0 Å². The van der Waals surface area contributed by atoms with E-state index in [0.29, 0.717) is 18.1 Å². The number of amides is 1. The van der Waals surface area contributed by atoms with Gasteiger partial charge in [0.2, 0.25) is 5.91 Å². The van der Waals surface area contributed by atoms with Gasteiger partial charge < -0.3 is 5.32 Å². The number of benzene rings is 2. The van der Waals surface area contributed by atoms with Crippen molar-refractivity contribution in [1.82, 2.24) is 15.1 Å². The molecule has 1 amide bonds. The van der Waals surface area contributed by atoms with Gasteiger partial charge in [-0.15, -0.1) is 0 Å². The van der Waals surface area contributed by atoms with Gasteiger partial charge in [-0.25, -0.2) is 0 Å². The van der Waals surface area contributed by atoms with Crippen LogP contribution in [0.3, 0.4) is 0 Å². The van der Waals surface area contributed by atoms with Gasteiger partial charge in [-0.05, 0) is 29.3 Å². The second kappa shape index (κ2) is 9.38. The number of halogens is 2. The summed E-state index contributed by atoms with van der Waals surface area (Å²) >= 11 is 12.0. The smallest absolute Gasteiger partial charge is 0.234 e. The van der Waals surface area contributed by atoms with Crippen LogP contribution in [0, 0.1) is 0 Å². The Morgan fingerprint density at radius 1 is 0.923 bits per heavy atom. The number of nitrogens with one attached hydrogen (secondary N) is 1. The molecule has 6 heteroatoms. The lowest BCUT2D eigenvalue weighted by Gasteiger charge is -2.34. The van der Waals surface area contributed by atoms with E-state index >= 15 is 0 Å². The van der Waals surface area contributed by atoms with Gasteiger partial charge in [0.05, 0.1) is 6.54 Å². The monoisotopic (exact) mass is 391 g/mol. The molecule has 1 N–H and O–H groups in total. The van der Waals surface area contributed by atoms with Gasteiger partial charge in [0.1, 0.15) is 0 Å². The molecule has 0 spiro atoms. The quantitative estimate of drug-likeness (QED) is 0.818. The zero-order valence-electron chi connectivity index (χ0n) is 14.6. The Morgan fingerprint density at radius 2 is 1.58 bits per heavy atom. The molecule has 0 saturated carbocycles. The summed E-state index contributed by atoms with van der Waals surface area (Å²) in [7, 11) is 0. The van der Waals surface area contributed by atoms with E-state index in [1.54, 1.807) is 0 Å². The third-order valence-electron chi connectivity index (χ3n) is 4.59. The van der Waals surface area contributed by atoms with Crippen LogP contribution in [0.1, 0.15) is 11.1 Å². The maximum absolute atomic E-state index is 12.2. The Balaban J connectivity index is 1.38.